The van der Waals surface area contributed by atoms with Crippen molar-refractivity contribution in [2.45, 2.75) is 122 Å². The van der Waals surface area contributed by atoms with Gasteiger partial charge in [-0.15, -0.1) is 6.42 Å². The highest BCUT2D eigenvalue weighted by Gasteiger charge is 2.36. The van der Waals surface area contributed by atoms with Crippen LogP contribution in [0.5, 0.6) is 0 Å². The Kier molecular flexibility index (Phi) is 15.2. The van der Waals surface area contributed by atoms with E-state index in [9.17, 15) is 14.4 Å². The second-order valence-electron chi connectivity index (χ2n) is 11.9. The van der Waals surface area contributed by atoms with E-state index in [0.29, 0.717) is 29.8 Å². The average molecular weight is 586 g/mol. The number of rotatable bonds is 15. The van der Waals surface area contributed by atoms with Gasteiger partial charge in [0.05, 0.1) is 0 Å². The van der Waals surface area contributed by atoms with E-state index >= 15 is 0 Å². The van der Waals surface area contributed by atoms with Crippen LogP contribution in [0.25, 0.3) is 0 Å². The molecule has 0 spiro atoms. The van der Waals surface area contributed by atoms with Crippen molar-refractivity contribution in [2.24, 2.45) is 0 Å². The summed E-state index contributed by atoms with van der Waals surface area (Å²) in [5.74, 6) is 2.84. The number of benzene rings is 1. The lowest BCUT2D eigenvalue weighted by Gasteiger charge is -2.36. The molecule has 0 bridgehead atoms. The first-order valence-corrected chi connectivity index (χ1v) is 16.6. The Bertz CT molecular complexity index is 993. The second-order valence-corrected chi connectivity index (χ2v) is 12.9. The van der Waals surface area contributed by atoms with E-state index in [1.54, 1.807) is 37.4 Å². The zero-order valence-corrected chi connectivity index (χ0v) is 26.6. The molecule has 0 aliphatic heterocycles. The first kappa shape index (κ1) is 34.5. The number of unbranched alkanes of at least 4 members (excludes halogenated alkanes) is 4. The summed E-state index contributed by atoms with van der Waals surface area (Å²) in [6, 6.07) is 5.75. The van der Waals surface area contributed by atoms with Crippen molar-refractivity contribution in [3.8, 4) is 12.3 Å². The average Bonchev–Trinajstić information content (AvgIpc) is 2.94. The highest BCUT2D eigenvalue weighted by molar-refractivity contribution is 7.98. The minimum Gasteiger partial charge on any atom is -0.444 e. The van der Waals surface area contributed by atoms with Crippen LogP contribution in [0.1, 0.15) is 115 Å². The maximum atomic E-state index is 14.3. The molecule has 0 aromatic heterocycles. The summed E-state index contributed by atoms with van der Waals surface area (Å²) in [7, 11) is 0. The van der Waals surface area contributed by atoms with Gasteiger partial charge < -0.3 is 20.3 Å². The zero-order valence-electron chi connectivity index (χ0n) is 25.8. The standard InChI is InChI=1S/C33H51N3O4S/c1-7-9-10-11-15-23-36(31(38)28(22-24-41-6)35-32(39)40-33(3,4)5)29(26-20-18-25(8-2)19-21-26)30(37)34-27-16-13-12-14-17-27/h2,18-21,27-29H,7,9-17,22-24H2,1,3-6H3,(H,34,37)(H,35,39). The molecule has 0 saturated heterocycles. The molecule has 41 heavy (non-hydrogen) atoms. The maximum Gasteiger partial charge on any atom is 0.408 e. The van der Waals surface area contributed by atoms with Gasteiger partial charge in [-0.1, -0.05) is 69.9 Å². The number of carbonyl (C=O) groups excluding carboxylic acids is 3. The van der Waals surface area contributed by atoms with Crippen LogP contribution < -0.4 is 10.6 Å². The molecule has 0 heterocycles. The summed E-state index contributed by atoms with van der Waals surface area (Å²) >= 11 is 1.60. The normalized spacial score (nSPS) is 15.3. The van der Waals surface area contributed by atoms with Crippen molar-refractivity contribution < 1.29 is 19.1 Å². The molecule has 1 aromatic rings. The van der Waals surface area contributed by atoms with Gasteiger partial charge in [0.1, 0.15) is 17.7 Å². The lowest BCUT2D eigenvalue weighted by atomic mass is 9.94. The second kappa shape index (κ2) is 18.0. The molecule has 1 aliphatic carbocycles. The summed E-state index contributed by atoms with van der Waals surface area (Å²) in [6.07, 6.45) is 17.6. The Morgan fingerprint density at radius 2 is 1.73 bits per heavy atom. The predicted octanol–water partition coefficient (Wildman–Crippen LogP) is 6.60. The third kappa shape index (κ3) is 12.4. The van der Waals surface area contributed by atoms with Crippen molar-refractivity contribution in [3.05, 3.63) is 35.4 Å². The predicted molar refractivity (Wildman–Crippen MR) is 169 cm³/mol. The van der Waals surface area contributed by atoms with Crippen molar-refractivity contribution in [1.82, 2.24) is 15.5 Å². The molecule has 1 saturated carbocycles. The number of hydrogen-bond donors (Lipinski definition) is 2. The monoisotopic (exact) mass is 585 g/mol. The van der Waals surface area contributed by atoms with Gasteiger partial charge in [-0.2, -0.15) is 11.8 Å². The van der Waals surface area contributed by atoms with Crippen molar-refractivity contribution in [2.75, 3.05) is 18.6 Å². The molecular formula is C33H51N3O4S. The van der Waals surface area contributed by atoms with Crippen LogP contribution in [0.2, 0.25) is 0 Å². The highest BCUT2D eigenvalue weighted by atomic mass is 32.2. The van der Waals surface area contributed by atoms with Gasteiger partial charge in [-0.05, 0) is 76.2 Å². The zero-order chi connectivity index (χ0) is 30.3. The van der Waals surface area contributed by atoms with E-state index in [0.717, 1.165) is 57.8 Å². The fourth-order valence-electron chi connectivity index (χ4n) is 5.16. The highest BCUT2D eigenvalue weighted by Crippen LogP contribution is 2.26. The third-order valence-corrected chi connectivity index (χ3v) is 7.93. The van der Waals surface area contributed by atoms with Crippen LogP contribution in [0, 0.1) is 12.3 Å². The molecule has 1 aliphatic rings. The SMILES string of the molecule is C#Cc1ccc(C(C(=O)NC2CCCCC2)N(CCCCCCC)C(=O)C(CCSC)NC(=O)OC(C)(C)C)cc1. The van der Waals surface area contributed by atoms with Crippen LogP contribution >= 0.6 is 11.8 Å². The number of thioether (sulfide) groups is 1. The van der Waals surface area contributed by atoms with Crippen molar-refractivity contribution >= 4 is 29.7 Å². The molecule has 2 rings (SSSR count). The summed E-state index contributed by atoms with van der Waals surface area (Å²) < 4.78 is 5.50. The number of carbonyl (C=O) groups is 3. The van der Waals surface area contributed by atoms with E-state index in [2.05, 4.69) is 23.5 Å². The van der Waals surface area contributed by atoms with Gasteiger partial charge in [0.25, 0.3) is 0 Å². The van der Waals surface area contributed by atoms with E-state index in [-0.39, 0.29) is 17.9 Å². The fourth-order valence-corrected chi connectivity index (χ4v) is 5.63. The molecule has 1 aromatic carbocycles. The molecule has 228 valence electrons. The Hall–Kier alpha value is -2.66. The van der Waals surface area contributed by atoms with E-state index < -0.39 is 23.8 Å². The van der Waals surface area contributed by atoms with Gasteiger partial charge in [0.2, 0.25) is 11.8 Å². The Balaban J connectivity index is 2.46. The van der Waals surface area contributed by atoms with Gasteiger partial charge in [0.15, 0.2) is 0 Å². The summed E-state index contributed by atoms with van der Waals surface area (Å²) in [6.45, 7) is 7.95. The van der Waals surface area contributed by atoms with Gasteiger partial charge >= 0.3 is 6.09 Å². The van der Waals surface area contributed by atoms with Crippen LogP contribution in [0.3, 0.4) is 0 Å². The number of alkyl carbamates (subject to hydrolysis) is 1. The third-order valence-electron chi connectivity index (χ3n) is 7.29. The van der Waals surface area contributed by atoms with Crippen LogP contribution in [-0.2, 0) is 14.3 Å². The Morgan fingerprint density at radius 3 is 2.32 bits per heavy atom. The topological polar surface area (TPSA) is 87.7 Å². The minimum absolute atomic E-state index is 0.0948. The first-order valence-electron chi connectivity index (χ1n) is 15.3. The molecule has 2 atom stereocenters. The number of amides is 3. The van der Waals surface area contributed by atoms with Crippen molar-refractivity contribution in [3.63, 3.8) is 0 Å². The largest absolute Gasteiger partial charge is 0.444 e. The molecule has 8 heteroatoms. The molecule has 1 fully saturated rings. The molecule has 7 nitrogen and oxygen atoms in total. The smallest absolute Gasteiger partial charge is 0.408 e. The van der Waals surface area contributed by atoms with Crippen LogP contribution in [-0.4, -0.2) is 59.0 Å². The number of nitrogens with one attached hydrogen (secondary N) is 2. The van der Waals surface area contributed by atoms with E-state index in [1.807, 2.05) is 30.5 Å². The van der Waals surface area contributed by atoms with Crippen LogP contribution in [0.15, 0.2) is 24.3 Å². The summed E-state index contributed by atoms with van der Waals surface area (Å²) in [5, 5.41) is 6.08. The molecule has 2 unspecified atom stereocenters. The van der Waals surface area contributed by atoms with Crippen LogP contribution in [0.4, 0.5) is 4.79 Å². The lowest BCUT2D eigenvalue weighted by Crippen LogP contribution is -2.54. The fraction of sp³-hybridized carbons (Fsp3) is 0.667. The summed E-state index contributed by atoms with van der Waals surface area (Å²) in [4.78, 5) is 42.8. The lowest BCUT2D eigenvalue weighted by molar-refractivity contribution is -0.143. The molecule has 2 N–H and O–H groups in total. The molecule has 0 radical (unpaired) electrons. The summed E-state index contributed by atoms with van der Waals surface area (Å²) in [5.41, 5.74) is 0.722. The first-order chi connectivity index (χ1) is 19.6. The number of nitrogens with zero attached hydrogens (tertiary/aromatic N) is 1. The minimum atomic E-state index is -0.834. The number of terminal acetylenes is 1. The number of ether oxygens (including phenoxy) is 1. The van der Waals surface area contributed by atoms with Gasteiger partial charge in [0, 0.05) is 18.2 Å². The Morgan fingerprint density at radius 1 is 1.07 bits per heavy atom. The maximum absolute atomic E-state index is 14.3. The van der Waals surface area contributed by atoms with E-state index in [4.69, 9.17) is 11.2 Å². The van der Waals surface area contributed by atoms with Gasteiger partial charge in [-0.3, -0.25) is 9.59 Å². The molecular weight excluding hydrogens is 534 g/mol. The van der Waals surface area contributed by atoms with E-state index in [1.165, 1.54) is 6.42 Å². The van der Waals surface area contributed by atoms with Crippen molar-refractivity contribution in [1.29, 1.82) is 0 Å². The number of hydrogen-bond acceptors (Lipinski definition) is 5. The quantitative estimate of drug-likeness (QED) is 0.179. The molecule has 3 amide bonds. The Labute approximate surface area is 252 Å². The van der Waals surface area contributed by atoms with Gasteiger partial charge in [-0.25, -0.2) is 4.79 Å².